The molecule has 0 spiro atoms. The summed E-state index contributed by atoms with van der Waals surface area (Å²) in [4.78, 5) is 37.4. The number of carbonyl (C=O) groups is 3. The van der Waals surface area contributed by atoms with Crippen LogP contribution in [-0.2, 0) is 20.8 Å². The SMILES string of the molecule is CC(=O)N1CCc2cc(NC(=O)C(=O)NNc3c(Cl)cc(Cl)cc3Cl)ccc21. The summed E-state index contributed by atoms with van der Waals surface area (Å²) in [6.07, 6.45) is 0.680. The number of fused-ring (bicyclic) bond motifs is 1. The van der Waals surface area contributed by atoms with Gasteiger partial charge in [-0.3, -0.25) is 25.2 Å². The Morgan fingerprint density at radius 1 is 1.00 bits per heavy atom. The van der Waals surface area contributed by atoms with Gasteiger partial charge in [-0.25, -0.2) is 0 Å². The van der Waals surface area contributed by atoms with Crippen LogP contribution in [0.5, 0.6) is 0 Å². The Morgan fingerprint density at radius 3 is 2.32 bits per heavy atom. The molecule has 0 radical (unpaired) electrons. The quantitative estimate of drug-likeness (QED) is 0.501. The van der Waals surface area contributed by atoms with Gasteiger partial charge in [-0.15, -0.1) is 0 Å². The summed E-state index contributed by atoms with van der Waals surface area (Å²) >= 11 is 17.8. The molecule has 3 amide bonds. The Balaban J connectivity index is 1.62. The van der Waals surface area contributed by atoms with Gasteiger partial charge in [-0.1, -0.05) is 34.8 Å². The minimum Gasteiger partial charge on any atom is -0.318 e. The molecule has 0 aliphatic carbocycles. The molecule has 3 rings (SSSR count). The lowest BCUT2D eigenvalue weighted by molar-refractivity contribution is -0.135. The van der Waals surface area contributed by atoms with Crippen molar-refractivity contribution in [3.05, 3.63) is 51.0 Å². The molecule has 0 fully saturated rings. The van der Waals surface area contributed by atoms with E-state index in [4.69, 9.17) is 34.8 Å². The summed E-state index contributed by atoms with van der Waals surface area (Å²) in [5.41, 5.74) is 7.14. The summed E-state index contributed by atoms with van der Waals surface area (Å²) < 4.78 is 0. The number of nitrogens with zero attached hydrogens (tertiary/aromatic N) is 1. The summed E-state index contributed by atoms with van der Waals surface area (Å²) in [6, 6.07) is 8.00. The average molecular weight is 442 g/mol. The van der Waals surface area contributed by atoms with Crippen molar-refractivity contribution < 1.29 is 14.4 Å². The van der Waals surface area contributed by atoms with Crippen LogP contribution in [0.1, 0.15) is 12.5 Å². The number of nitrogens with one attached hydrogen (secondary N) is 3. The number of hydrogen-bond acceptors (Lipinski definition) is 4. The first kappa shape index (κ1) is 20.3. The van der Waals surface area contributed by atoms with Gasteiger partial charge in [0.25, 0.3) is 0 Å². The highest BCUT2D eigenvalue weighted by Gasteiger charge is 2.23. The fraction of sp³-hybridized carbons (Fsp3) is 0.167. The van der Waals surface area contributed by atoms with Crippen molar-refractivity contribution in [2.45, 2.75) is 13.3 Å². The van der Waals surface area contributed by atoms with Crippen molar-refractivity contribution in [1.29, 1.82) is 0 Å². The third-order valence-electron chi connectivity index (χ3n) is 4.13. The molecule has 10 heteroatoms. The maximum Gasteiger partial charge on any atom is 0.327 e. The lowest BCUT2D eigenvalue weighted by Gasteiger charge is -2.15. The number of amides is 3. The molecule has 1 aliphatic rings. The van der Waals surface area contributed by atoms with Crippen molar-refractivity contribution in [3.63, 3.8) is 0 Å². The first-order valence-corrected chi connectivity index (χ1v) is 9.32. The first-order chi connectivity index (χ1) is 13.3. The minimum absolute atomic E-state index is 0.0412. The highest BCUT2D eigenvalue weighted by atomic mass is 35.5. The van der Waals surface area contributed by atoms with Crippen molar-refractivity contribution >= 4 is 69.6 Å². The Hall–Kier alpha value is -2.48. The number of anilines is 3. The van der Waals surface area contributed by atoms with Crippen molar-refractivity contribution in [2.75, 3.05) is 22.2 Å². The van der Waals surface area contributed by atoms with E-state index >= 15 is 0 Å². The second-order valence-corrected chi connectivity index (χ2v) is 7.29. The van der Waals surface area contributed by atoms with Crippen LogP contribution in [0.4, 0.5) is 17.1 Å². The molecule has 0 saturated heterocycles. The molecular formula is C18H15Cl3N4O3. The minimum atomic E-state index is -0.937. The molecule has 1 heterocycles. The summed E-state index contributed by atoms with van der Waals surface area (Å²) in [5, 5.41) is 3.22. The highest BCUT2D eigenvalue weighted by Crippen LogP contribution is 2.33. The zero-order chi connectivity index (χ0) is 20.4. The largest absolute Gasteiger partial charge is 0.327 e. The van der Waals surface area contributed by atoms with Gasteiger partial charge >= 0.3 is 11.8 Å². The fourth-order valence-corrected chi connectivity index (χ4v) is 3.74. The van der Waals surface area contributed by atoms with Crippen LogP contribution in [-0.4, -0.2) is 24.3 Å². The van der Waals surface area contributed by atoms with E-state index < -0.39 is 11.8 Å². The van der Waals surface area contributed by atoms with E-state index in [9.17, 15) is 14.4 Å². The monoisotopic (exact) mass is 440 g/mol. The fourth-order valence-electron chi connectivity index (χ4n) is 2.83. The van der Waals surface area contributed by atoms with Gasteiger partial charge in [0.05, 0.1) is 15.7 Å². The molecule has 28 heavy (non-hydrogen) atoms. The standard InChI is InChI=1S/C18H15Cl3N4O3/c1-9(26)25-5-4-10-6-12(2-3-15(10)25)22-17(27)18(28)24-23-16-13(20)7-11(19)8-14(16)21/h2-3,6-8,23H,4-5H2,1H3,(H,22,27)(H,24,28). The van der Waals surface area contributed by atoms with Crippen molar-refractivity contribution in [2.24, 2.45) is 0 Å². The van der Waals surface area contributed by atoms with E-state index in [0.717, 1.165) is 11.3 Å². The Labute approximate surface area is 175 Å². The van der Waals surface area contributed by atoms with Crippen molar-refractivity contribution in [1.82, 2.24) is 5.43 Å². The maximum absolute atomic E-state index is 12.1. The van der Waals surface area contributed by atoms with Gasteiger partial charge in [0.1, 0.15) is 0 Å². The number of halogens is 3. The number of rotatable bonds is 3. The summed E-state index contributed by atoms with van der Waals surface area (Å²) in [6.45, 7) is 2.09. The molecular weight excluding hydrogens is 427 g/mol. The van der Waals surface area contributed by atoms with E-state index in [1.54, 1.807) is 23.1 Å². The normalized spacial score (nSPS) is 12.4. The van der Waals surface area contributed by atoms with Crippen LogP contribution in [0.15, 0.2) is 30.3 Å². The topological polar surface area (TPSA) is 90.5 Å². The molecule has 3 N–H and O–H groups in total. The molecule has 0 bridgehead atoms. The molecule has 2 aromatic rings. The average Bonchev–Trinajstić information content (AvgIpc) is 3.04. The summed E-state index contributed by atoms with van der Waals surface area (Å²) in [5.74, 6) is -1.86. The van der Waals surface area contributed by atoms with Gasteiger partial charge < -0.3 is 10.2 Å². The third-order valence-corrected chi connectivity index (χ3v) is 4.94. The number of hydrogen-bond donors (Lipinski definition) is 3. The molecule has 1 aliphatic heterocycles. The van der Waals surface area contributed by atoms with Crippen LogP contribution in [0.3, 0.4) is 0 Å². The van der Waals surface area contributed by atoms with E-state index in [1.165, 1.54) is 19.1 Å². The number of carbonyl (C=O) groups excluding carboxylic acids is 3. The molecule has 0 atom stereocenters. The van der Waals surface area contributed by atoms with E-state index in [2.05, 4.69) is 16.2 Å². The van der Waals surface area contributed by atoms with Crippen LogP contribution < -0.4 is 21.1 Å². The predicted molar refractivity (Wildman–Crippen MR) is 110 cm³/mol. The Kier molecular flexibility index (Phi) is 5.98. The zero-order valence-electron chi connectivity index (χ0n) is 14.6. The van der Waals surface area contributed by atoms with Crippen LogP contribution in [0, 0.1) is 0 Å². The lowest BCUT2D eigenvalue weighted by Crippen LogP contribution is -2.39. The van der Waals surface area contributed by atoms with Crippen LogP contribution in [0.25, 0.3) is 0 Å². The molecule has 7 nitrogen and oxygen atoms in total. The summed E-state index contributed by atoms with van der Waals surface area (Å²) in [7, 11) is 0. The van der Waals surface area contributed by atoms with E-state index in [0.29, 0.717) is 23.7 Å². The van der Waals surface area contributed by atoms with Gasteiger partial charge in [0.2, 0.25) is 5.91 Å². The number of hydrazine groups is 1. The molecule has 0 aromatic heterocycles. The Morgan fingerprint density at radius 2 is 1.68 bits per heavy atom. The lowest BCUT2D eigenvalue weighted by atomic mass is 10.1. The van der Waals surface area contributed by atoms with E-state index in [1.807, 2.05) is 0 Å². The smallest absolute Gasteiger partial charge is 0.318 e. The number of benzene rings is 2. The van der Waals surface area contributed by atoms with Crippen molar-refractivity contribution in [3.8, 4) is 0 Å². The predicted octanol–water partition coefficient (Wildman–Crippen LogP) is 3.64. The molecule has 146 valence electrons. The molecule has 0 unspecified atom stereocenters. The second-order valence-electron chi connectivity index (χ2n) is 6.04. The van der Waals surface area contributed by atoms with Gasteiger partial charge in [0.15, 0.2) is 0 Å². The van der Waals surface area contributed by atoms with Crippen LogP contribution >= 0.6 is 34.8 Å². The van der Waals surface area contributed by atoms with Gasteiger partial charge in [-0.2, -0.15) is 0 Å². The zero-order valence-corrected chi connectivity index (χ0v) is 16.9. The maximum atomic E-state index is 12.1. The van der Waals surface area contributed by atoms with Crippen LogP contribution in [0.2, 0.25) is 15.1 Å². The molecule has 2 aromatic carbocycles. The first-order valence-electron chi connectivity index (χ1n) is 8.19. The highest BCUT2D eigenvalue weighted by molar-refractivity contribution is 6.42. The Bertz CT molecular complexity index is 958. The van der Waals surface area contributed by atoms with Gasteiger partial charge in [-0.05, 0) is 42.3 Å². The second kappa shape index (κ2) is 8.26. The molecule has 0 saturated carbocycles. The van der Waals surface area contributed by atoms with Gasteiger partial charge in [0, 0.05) is 29.9 Å². The third kappa shape index (κ3) is 4.32. The van der Waals surface area contributed by atoms with E-state index in [-0.39, 0.29) is 21.6 Å².